The minimum atomic E-state index is -0.106. The molecule has 0 saturated carbocycles. The van der Waals surface area contributed by atoms with E-state index in [0.29, 0.717) is 23.5 Å². The van der Waals surface area contributed by atoms with Crippen LogP contribution in [-0.2, 0) is 4.79 Å². The van der Waals surface area contributed by atoms with Gasteiger partial charge in [-0.05, 0) is 22.0 Å². The molecule has 1 aromatic rings. The maximum Gasteiger partial charge on any atom is 0.233 e. The monoisotopic (exact) mass is 256 g/mol. The SMILES string of the molecule is NC1CC(=O)N(c2nccc(Br)n2)C1. The fourth-order valence-electron chi connectivity index (χ4n) is 1.39. The van der Waals surface area contributed by atoms with Crippen molar-refractivity contribution in [2.24, 2.45) is 5.73 Å². The number of amides is 1. The molecule has 2 N–H and O–H groups in total. The van der Waals surface area contributed by atoms with Gasteiger partial charge >= 0.3 is 0 Å². The topological polar surface area (TPSA) is 72.1 Å². The molecule has 0 radical (unpaired) electrons. The minimum absolute atomic E-state index is 0.0180. The summed E-state index contributed by atoms with van der Waals surface area (Å²) in [7, 11) is 0. The second-order valence-electron chi connectivity index (χ2n) is 3.15. The lowest BCUT2D eigenvalue weighted by Crippen LogP contribution is -2.29. The van der Waals surface area contributed by atoms with Gasteiger partial charge < -0.3 is 5.73 Å². The molecule has 1 aliphatic rings. The third-order valence-electron chi connectivity index (χ3n) is 2.01. The van der Waals surface area contributed by atoms with Gasteiger partial charge in [-0.15, -0.1) is 0 Å². The van der Waals surface area contributed by atoms with E-state index in [2.05, 4.69) is 25.9 Å². The van der Waals surface area contributed by atoms with Crippen molar-refractivity contribution in [1.29, 1.82) is 0 Å². The molecule has 0 aromatic carbocycles. The molecule has 1 fully saturated rings. The molecular formula is C8H9BrN4O. The van der Waals surface area contributed by atoms with E-state index >= 15 is 0 Å². The minimum Gasteiger partial charge on any atom is -0.326 e. The van der Waals surface area contributed by atoms with Crippen LogP contribution in [0.2, 0.25) is 0 Å². The Bertz CT molecular complexity index is 370. The summed E-state index contributed by atoms with van der Waals surface area (Å²) in [5.41, 5.74) is 5.66. The first-order valence-electron chi connectivity index (χ1n) is 4.21. The summed E-state index contributed by atoms with van der Waals surface area (Å²) >= 11 is 3.22. The van der Waals surface area contributed by atoms with E-state index < -0.39 is 0 Å². The molecule has 6 heteroatoms. The van der Waals surface area contributed by atoms with Crippen LogP contribution in [0, 0.1) is 0 Å². The number of hydrogen-bond donors (Lipinski definition) is 1. The molecule has 2 rings (SSSR count). The smallest absolute Gasteiger partial charge is 0.233 e. The Morgan fingerprint density at radius 2 is 2.43 bits per heavy atom. The number of aromatic nitrogens is 2. The lowest BCUT2D eigenvalue weighted by atomic mass is 10.3. The van der Waals surface area contributed by atoms with Gasteiger partial charge in [0.15, 0.2) is 0 Å². The van der Waals surface area contributed by atoms with Gasteiger partial charge in [0.1, 0.15) is 4.60 Å². The molecular weight excluding hydrogens is 248 g/mol. The van der Waals surface area contributed by atoms with Crippen LogP contribution in [-0.4, -0.2) is 28.5 Å². The van der Waals surface area contributed by atoms with Crippen molar-refractivity contribution in [1.82, 2.24) is 9.97 Å². The van der Waals surface area contributed by atoms with E-state index in [0.717, 1.165) is 0 Å². The van der Waals surface area contributed by atoms with Crippen molar-refractivity contribution in [2.45, 2.75) is 12.5 Å². The fourth-order valence-corrected chi connectivity index (χ4v) is 1.66. The molecule has 0 aliphatic carbocycles. The van der Waals surface area contributed by atoms with E-state index in [1.165, 1.54) is 4.90 Å². The zero-order valence-electron chi connectivity index (χ0n) is 7.35. The van der Waals surface area contributed by atoms with Crippen molar-refractivity contribution in [3.8, 4) is 0 Å². The van der Waals surface area contributed by atoms with Gasteiger partial charge in [-0.1, -0.05) is 0 Å². The highest BCUT2D eigenvalue weighted by atomic mass is 79.9. The Kier molecular flexibility index (Phi) is 2.47. The highest BCUT2D eigenvalue weighted by Gasteiger charge is 2.29. The number of rotatable bonds is 1. The average Bonchev–Trinajstić information content (AvgIpc) is 2.45. The molecule has 1 aromatic heterocycles. The molecule has 0 bridgehead atoms. The molecule has 1 aliphatic heterocycles. The summed E-state index contributed by atoms with van der Waals surface area (Å²) in [4.78, 5) is 21.1. The lowest BCUT2D eigenvalue weighted by molar-refractivity contribution is -0.117. The van der Waals surface area contributed by atoms with Gasteiger partial charge in [0.25, 0.3) is 0 Å². The second-order valence-corrected chi connectivity index (χ2v) is 3.96. The largest absolute Gasteiger partial charge is 0.326 e. The average molecular weight is 257 g/mol. The van der Waals surface area contributed by atoms with E-state index in [1.807, 2.05) is 0 Å². The van der Waals surface area contributed by atoms with Gasteiger partial charge in [0, 0.05) is 25.2 Å². The number of carbonyl (C=O) groups excluding carboxylic acids is 1. The first-order chi connectivity index (χ1) is 6.66. The first kappa shape index (κ1) is 9.54. The fraction of sp³-hybridized carbons (Fsp3) is 0.375. The number of nitrogens with zero attached hydrogens (tertiary/aromatic N) is 3. The van der Waals surface area contributed by atoms with Crippen LogP contribution in [0.4, 0.5) is 5.95 Å². The highest BCUT2D eigenvalue weighted by molar-refractivity contribution is 9.10. The van der Waals surface area contributed by atoms with Crippen LogP contribution in [0.5, 0.6) is 0 Å². The molecule has 14 heavy (non-hydrogen) atoms. The summed E-state index contributed by atoms with van der Waals surface area (Å²) in [5.74, 6) is 0.396. The maximum atomic E-state index is 11.4. The zero-order valence-corrected chi connectivity index (χ0v) is 8.94. The maximum absolute atomic E-state index is 11.4. The standard InChI is InChI=1S/C8H9BrN4O/c9-6-1-2-11-8(12-6)13-4-5(10)3-7(13)14/h1-2,5H,3-4,10H2. The quantitative estimate of drug-likeness (QED) is 0.734. The van der Waals surface area contributed by atoms with E-state index in [9.17, 15) is 4.79 Å². The molecule has 0 spiro atoms. The Hall–Kier alpha value is -1.01. The summed E-state index contributed by atoms with van der Waals surface area (Å²) < 4.78 is 0.663. The van der Waals surface area contributed by atoms with Crippen LogP contribution in [0.25, 0.3) is 0 Å². The number of carbonyl (C=O) groups is 1. The molecule has 1 saturated heterocycles. The van der Waals surface area contributed by atoms with Crippen LogP contribution in [0.1, 0.15) is 6.42 Å². The van der Waals surface area contributed by atoms with Crippen LogP contribution < -0.4 is 10.6 Å². The molecule has 74 valence electrons. The summed E-state index contributed by atoms with van der Waals surface area (Å²) in [6.07, 6.45) is 1.97. The Morgan fingerprint density at radius 3 is 3.00 bits per heavy atom. The number of halogens is 1. The van der Waals surface area contributed by atoms with Crippen molar-refractivity contribution >= 4 is 27.8 Å². The Balaban J connectivity index is 2.27. The lowest BCUT2D eigenvalue weighted by Gasteiger charge is -2.12. The predicted molar refractivity (Wildman–Crippen MR) is 54.7 cm³/mol. The van der Waals surface area contributed by atoms with Gasteiger partial charge in [0.05, 0.1) is 0 Å². The van der Waals surface area contributed by atoms with Crippen molar-refractivity contribution in [2.75, 3.05) is 11.4 Å². The Labute approximate surface area is 89.5 Å². The molecule has 1 atom stereocenters. The Morgan fingerprint density at radius 1 is 1.64 bits per heavy atom. The molecule has 2 heterocycles. The van der Waals surface area contributed by atoms with Gasteiger partial charge in [0.2, 0.25) is 11.9 Å². The summed E-state index contributed by atoms with van der Waals surface area (Å²) in [6, 6.07) is 1.61. The normalized spacial score (nSPS) is 21.7. The third-order valence-corrected chi connectivity index (χ3v) is 2.45. The van der Waals surface area contributed by atoms with Crippen LogP contribution >= 0.6 is 15.9 Å². The molecule has 1 unspecified atom stereocenters. The van der Waals surface area contributed by atoms with Gasteiger partial charge in [-0.3, -0.25) is 9.69 Å². The van der Waals surface area contributed by atoms with Crippen molar-refractivity contribution in [3.63, 3.8) is 0 Å². The number of nitrogens with two attached hydrogens (primary N) is 1. The number of hydrogen-bond acceptors (Lipinski definition) is 4. The third kappa shape index (κ3) is 1.76. The van der Waals surface area contributed by atoms with Gasteiger partial charge in [-0.2, -0.15) is 0 Å². The van der Waals surface area contributed by atoms with E-state index in [4.69, 9.17) is 5.73 Å². The van der Waals surface area contributed by atoms with Crippen LogP contribution in [0.3, 0.4) is 0 Å². The second kappa shape index (κ2) is 3.62. The molecule has 5 nitrogen and oxygen atoms in total. The van der Waals surface area contributed by atoms with E-state index in [-0.39, 0.29) is 11.9 Å². The molecule has 1 amide bonds. The van der Waals surface area contributed by atoms with Crippen molar-refractivity contribution < 1.29 is 4.79 Å². The summed E-state index contributed by atoms with van der Waals surface area (Å²) in [5, 5.41) is 0. The summed E-state index contributed by atoms with van der Waals surface area (Å²) in [6.45, 7) is 0.495. The number of anilines is 1. The van der Waals surface area contributed by atoms with Crippen molar-refractivity contribution in [3.05, 3.63) is 16.9 Å². The highest BCUT2D eigenvalue weighted by Crippen LogP contribution is 2.17. The van der Waals surface area contributed by atoms with Gasteiger partial charge in [-0.25, -0.2) is 9.97 Å². The van der Waals surface area contributed by atoms with E-state index in [1.54, 1.807) is 12.3 Å². The van der Waals surface area contributed by atoms with Crippen LogP contribution in [0.15, 0.2) is 16.9 Å². The first-order valence-corrected chi connectivity index (χ1v) is 5.00. The predicted octanol–water partition coefficient (Wildman–Crippen LogP) is 0.303. The zero-order chi connectivity index (χ0) is 10.1.